The van der Waals surface area contributed by atoms with E-state index in [1.54, 1.807) is 0 Å². The summed E-state index contributed by atoms with van der Waals surface area (Å²) in [4.78, 5) is 9.50. The Labute approximate surface area is 148 Å². The van der Waals surface area contributed by atoms with Crippen LogP contribution in [0.3, 0.4) is 0 Å². The lowest BCUT2D eigenvalue weighted by Crippen LogP contribution is -2.38. The van der Waals surface area contributed by atoms with Crippen LogP contribution >= 0.6 is 0 Å². The van der Waals surface area contributed by atoms with Gasteiger partial charge in [0.2, 0.25) is 0 Å². The van der Waals surface area contributed by atoms with Gasteiger partial charge >= 0.3 is 6.18 Å². The Hall–Kier alpha value is -2.64. The minimum Gasteiger partial charge on any atom is -0.349 e. The van der Waals surface area contributed by atoms with Gasteiger partial charge in [-0.05, 0) is 24.3 Å². The monoisotopic (exact) mass is 361 g/mol. The average molecular weight is 361 g/mol. The Kier molecular flexibility index (Phi) is 4.05. The van der Waals surface area contributed by atoms with Crippen molar-refractivity contribution in [2.45, 2.75) is 32.0 Å². The molecular weight excluding hydrogens is 343 g/mol. The maximum Gasteiger partial charge on any atom is 0.433 e. The van der Waals surface area contributed by atoms with Crippen LogP contribution in [0, 0.1) is 5.92 Å². The van der Waals surface area contributed by atoms with Crippen LogP contribution in [0.5, 0.6) is 0 Å². The smallest absolute Gasteiger partial charge is 0.349 e. The summed E-state index contributed by atoms with van der Waals surface area (Å²) in [7, 11) is 0. The van der Waals surface area contributed by atoms with E-state index in [0.717, 1.165) is 24.5 Å². The van der Waals surface area contributed by atoms with Crippen LogP contribution in [0.15, 0.2) is 42.7 Å². The second-order valence-electron chi connectivity index (χ2n) is 6.73. The number of hydrogen-bond donors (Lipinski definition) is 0. The Morgan fingerprint density at radius 1 is 1.12 bits per heavy atom. The molecule has 1 aromatic carbocycles. The lowest BCUT2D eigenvalue weighted by Gasteiger charge is -2.40. The maximum absolute atomic E-state index is 13.3. The molecule has 8 heteroatoms. The molecule has 136 valence electrons. The molecule has 2 atom stereocenters. The Bertz CT molecular complexity index is 906. The second-order valence-corrected chi connectivity index (χ2v) is 6.73. The molecule has 1 fully saturated rings. The number of rotatable bonds is 2. The Morgan fingerprint density at radius 2 is 1.88 bits per heavy atom. The molecule has 0 radical (unpaired) electrons. The van der Waals surface area contributed by atoms with E-state index in [-0.39, 0.29) is 11.8 Å². The lowest BCUT2D eigenvalue weighted by atomic mass is 9.90. The second kappa shape index (κ2) is 6.26. The largest absolute Gasteiger partial charge is 0.433 e. The van der Waals surface area contributed by atoms with Gasteiger partial charge in [-0.2, -0.15) is 27.8 Å². The van der Waals surface area contributed by atoms with Crippen LogP contribution in [0.4, 0.5) is 19.0 Å². The standard InChI is InChI=1S/C18H18F3N5/c1-12-7-8-14(13-5-3-2-4-6-13)25(10-12)16-9-15(18(19,20)21)24-17-22-11-23-26(16)17/h2-6,9,11-12,14H,7-8,10H2,1H3/t12-,14-/m1/s1. The zero-order valence-electron chi connectivity index (χ0n) is 14.2. The first kappa shape index (κ1) is 16.8. The molecule has 0 bridgehead atoms. The molecule has 0 spiro atoms. The van der Waals surface area contributed by atoms with Gasteiger partial charge in [0.15, 0.2) is 5.69 Å². The predicted octanol–water partition coefficient (Wildman–Crippen LogP) is 4.12. The van der Waals surface area contributed by atoms with Gasteiger partial charge in [-0.3, -0.25) is 0 Å². The number of halogens is 3. The first-order valence-corrected chi connectivity index (χ1v) is 8.53. The van der Waals surface area contributed by atoms with Gasteiger partial charge in [0.05, 0.1) is 6.04 Å². The summed E-state index contributed by atoms with van der Waals surface area (Å²) in [6.07, 6.45) is -1.41. The summed E-state index contributed by atoms with van der Waals surface area (Å²) in [6.45, 7) is 2.76. The third-order valence-electron chi connectivity index (χ3n) is 4.82. The zero-order valence-corrected chi connectivity index (χ0v) is 14.2. The highest BCUT2D eigenvalue weighted by atomic mass is 19.4. The molecule has 3 aromatic rings. The van der Waals surface area contributed by atoms with E-state index < -0.39 is 11.9 Å². The molecule has 1 aliphatic rings. The number of hydrogen-bond acceptors (Lipinski definition) is 4. The molecule has 1 aliphatic heterocycles. The SMILES string of the molecule is C[C@@H]1CC[C@H](c2ccccc2)N(c2cc(C(F)(F)F)nc3ncnn23)C1. The van der Waals surface area contributed by atoms with Crippen molar-refractivity contribution in [3.63, 3.8) is 0 Å². The van der Waals surface area contributed by atoms with Crippen LogP contribution in [0.1, 0.15) is 37.1 Å². The van der Waals surface area contributed by atoms with E-state index in [9.17, 15) is 13.2 Å². The number of piperidine rings is 1. The topological polar surface area (TPSA) is 46.3 Å². The fourth-order valence-corrected chi connectivity index (χ4v) is 3.57. The number of nitrogens with zero attached hydrogens (tertiary/aromatic N) is 5. The molecule has 0 N–H and O–H groups in total. The minimum absolute atomic E-state index is 0.0108. The number of aromatic nitrogens is 4. The predicted molar refractivity (Wildman–Crippen MR) is 90.7 cm³/mol. The van der Waals surface area contributed by atoms with Gasteiger partial charge in [0, 0.05) is 12.6 Å². The third-order valence-corrected chi connectivity index (χ3v) is 4.82. The Balaban J connectivity index is 1.86. The summed E-state index contributed by atoms with van der Waals surface area (Å²) in [5.74, 6) is 0.705. The minimum atomic E-state index is -4.54. The van der Waals surface area contributed by atoms with Gasteiger partial charge in [0.25, 0.3) is 5.78 Å². The summed E-state index contributed by atoms with van der Waals surface area (Å²) < 4.78 is 41.4. The van der Waals surface area contributed by atoms with Crippen molar-refractivity contribution in [3.8, 4) is 0 Å². The first-order chi connectivity index (χ1) is 12.4. The van der Waals surface area contributed by atoms with Crippen molar-refractivity contribution >= 4 is 11.6 Å². The lowest BCUT2D eigenvalue weighted by molar-refractivity contribution is -0.141. The van der Waals surface area contributed by atoms with Crippen molar-refractivity contribution in [3.05, 3.63) is 54.0 Å². The summed E-state index contributed by atoms with van der Waals surface area (Å²) in [5, 5.41) is 4.10. The molecule has 0 amide bonds. The van der Waals surface area contributed by atoms with Crippen molar-refractivity contribution in [1.29, 1.82) is 0 Å². The van der Waals surface area contributed by atoms with Crippen LogP contribution in [-0.4, -0.2) is 26.1 Å². The summed E-state index contributed by atoms with van der Waals surface area (Å²) in [6, 6.07) is 10.9. The number of benzene rings is 1. The molecule has 1 saturated heterocycles. The zero-order chi connectivity index (χ0) is 18.3. The van der Waals surface area contributed by atoms with Crippen LogP contribution < -0.4 is 4.90 Å². The van der Waals surface area contributed by atoms with E-state index in [4.69, 9.17) is 0 Å². The number of fused-ring (bicyclic) bond motifs is 1. The molecule has 5 nitrogen and oxygen atoms in total. The van der Waals surface area contributed by atoms with Crippen molar-refractivity contribution in [2.24, 2.45) is 5.92 Å². The van der Waals surface area contributed by atoms with Crippen molar-refractivity contribution in [2.75, 3.05) is 11.4 Å². The van der Waals surface area contributed by atoms with Crippen LogP contribution in [0.2, 0.25) is 0 Å². The average Bonchev–Trinajstić information content (AvgIpc) is 3.09. The molecule has 26 heavy (non-hydrogen) atoms. The summed E-state index contributed by atoms with van der Waals surface area (Å²) >= 11 is 0. The third kappa shape index (κ3) is 3.00. The molecule has 4 rings (SSSR count). The first-order valence-electron chi connectivity index (χ1n) is 8.53. The molecular formula is C18H18F3N5. The molecule has 3 heterocycles. The number of alkyl halides is 3. The summed E-state index contributed by atoms with van der Waals surface area (Å²) in [5.41, 5.74) is 0.135. The van der Waals surface area contributed by atoms with Gasteiger partial charge in [0.1, 0.15) is 12.1 Å². The highest BCUT2D eigenvalue weighted by molar-refractivity contribution is 5.50. The molecule has 0 saturated carbocycles. The van der Waals surface area contributed by atoms with E-state index in [1.807, 2.05) is 35.2 Å². The number of anilines is 1. The normalized spacial score (nSPS) is 21.3. The van der Waals surface area contributed by atoms with Gasteiger partial charge in [-0.25, -0.2) is 4.98 Å². The molecule has 2 aromatic heterocycles. The quantitative estimate of drug-likeness (QED) is 0.689. The van der Waals surface area contributed by atoms with E-state index in [1.165, 1.54) is 10.8 Å². The fourth-order valence-electron chi connectivity index (χ4n) is 3.57. The van der Waals surface area contributed by atoms with Crippen LogP contribution in [0.25, 0.3) is 5.78 Å². The van der Waals surface area contributed by atoms with Gasteiger partial charge < -0.3 is 4.90 Å². The highest BCUT2D eigenvalue weighted by Gasteiger charge is 2.36. The van der Waals surface area contributed by atoms with E-state index >= 15 is 0 Å². The Morgan fingerprint density at radius 3 is 2.62 bits per heavy atom. The maximum atomic E-state index is 13.3. The molecule has 0 unspecified atom stereocenters. The highest BCUT2D eigenvalue weighted by Crippen LogP contribution is 2.38. The fraction of sp³-hybridized carbons (Fsp3) is 0.389. The molecule has 0 aliphatic carbocycles. The van der Waals surface area contributed by atoms with E-state index in [0.29, 0.717) is 18.3 Å². The van der Waals surface area contributed by atoms with Crippen molar-refractivity contribution < 1.29 is 13.2 Å². The van der Waals surface area contributed by atoms with Gasteiger partial charge in [-0.15, -0.1) is 0 Å². The van der Waals surface area contributed by atoms with Crippen molar-refractivity contribution in [1.82, 2.24) is 19.6 Å². The van der Waals surface area contributed by atoms with Crippen LogP contribution in [-0.2, 0) is 6.18 Å². The van der Waals surface area contributed by atoms with E-state index in [2.05, 4.69) is 22.0 Å². The van der Waals surface area contributed by atoms with Gasteiger partial charge in [-0.1, -0.05) is 37.3 Å².